The minimum atomic E-state index is -4.35. The molecule has 0 aliphatic rings. The second-order valence-corrected chi connectivity index (χ2v) is 37.0. The molecule has 111 heavy (non-hydrogen) atoms. The quantitative estimate of drug-likeness (QED) is 0.0160. The van der Waals surface area contributed by atoms with Crippen molar-refractivity contribution in [3.8, 4) is 0 Å². The summed E-state index contributed by atoms with van der Waals surface area (Å²) in [5.41, 5.74) is 3.57. The molecule has 0 heterocycles. The molecule has 5 aromatic carbocycles. The number of benzene rings is 5. The molecule has 4 N–H and O–H groups in total. The average Bonchev–Trinajstić information content (AvgIpc) is 0.871. The molecule has 0 radical (unpaired) electrons. The summed E-state index contributed by atoms with van der Waals surface area (Å²) in [6.07, 6.45) is 66.4. The standard InChI is InChI=1S/5C18H30O3S.Na/c5*1-2-3-4-5-6-7-8-9-10-11-14-17-15-12-13-16-18(17)22(19,20)21;/h5*12-13,15-16H,2-11,14H2,1H3,(H,19,20,21);/q;;;;;+1/p-1. The second-order valence-electron chi connectivity index (χ2n) is 30.1. The minimum absolute atomic E-state index is 0. The molecule has 0 unspecified atom stereocenters. The molecular weight excluding hydrogens is 1500 g/mol. The Hall–Kier alpha value is -3.35. The number of hydrogen-bond acceptors (Lipinski definition) is 11. The van der Waals surface area contributed by atoms with Crippen LogP contribution in [0, 0.1) is 0 Å². The maximum atomic E-state index is 11.3. The van der Waals surface area contributed by atoms with Gasteiger partial charge in [0.1, 0.15) is 10.1 Å². The van der Waals surface area contributed by atoms with Gasteiger partial charge in [-0.3, -0.25) is 18.2 Å². The van der Waals surface area contributed by atoms with Crippen LogP contribution in [0.25, 0.3) is 0 Å². The molecule has 0 fully saturated rings. The van der Waals surface area contributed by atoms with Crippen LogP contribution in [0.3, 0.4) is 0 Å². The van der Waals surface area contributed by atoms with Crippen molar-refractivity contribution < 1.29 is 94.4 Å². The van der Waals surface area contributed by atoms with Crippen LogP contribution in [0.5, 0.6) is 0 Å². The molecule has 5 aromatic rings. The van der Waals surface area contributed by atoms with Crippen LogP contribution < -0.4 is 29.6 Å². The Bertz CT molecular complexity index is 3110. The van der Waals surface area contributed by atoms with E-state index in [0.29, 0.717) is 37.7 Å². The van der Waals surface area contributed by atoms with Gasteiger partial charge in [-0.1, -0.05) is 415 Å². The van der Waals surface area contributed by atoms with E-state index in [1.807, 2.05) is 24.3 Å². The summed E-state index contributed by atoms with van der Waals surface area (Å²) in [4.78, 5) is 0.194. The Morgan fingerprint density at radius 2 is 0.315 bits per heavy atom. The predicted octanol–water partition coefficient (Wildman–Crippen LogP) is 23.6. The van der Waals surface area contributed by atoms with Crippen molar-refractivity contribution in [3.63, 3.8) is 0 Å². The summed E-state index contributed by atoms with van der Waals surface area (Å²) in [5, 5.41) is 0. The van der Waals surface area contributed by atoms with Crippen LogP contribution in [-0.4, -0.2) is 64.9 Å². The molecule has 0 saturated heterocycles. The first kappa shape index (κ1) is 108. The summed E-state index contributed by atoms with van der Waals surface area (Å²) in [6.45, 7) is 11.2. The largest absolute Gasteiger partial charge is 1.00 e. The molecule has 0 aliphatic heterocycles. The Morgan fingerprint density at radius 3 is 0.450 bits per heavy atom. The van der Waals surface area contributed by atoms with E-state index < -0.39 is 50.6 Å². The first-order valence-electron chi connectivity index (χ1n) is 43.0. The molecule has 0 atom stereocenters. The van der Waals surface area contributed by atoms with Crippen molar-refractivity contribution in [1.29, 1.82) is 0 Å². The van der Waals surface area contributed by atoms with Crippen LogP contribution >= 0.6 is 0 Å². The van der Waals surface area contributed by atoms with E-state index >= 15 is 0 Å². The number of unbranched alkanes of at least 4 members (excludes halogenated alkanes) is 45. The number of hydrogen-bond donors (Lipinski definition) is 4. The Kier molecular flexibility index (Phi) is 66.6. The molecule has 0 bridgehead atoms. The summed E-state index contributed by atoms with van der Waals surface area (Å²) in [6, 6.07) is 33.5. The van der Waals surface area contributed by atoms with Crippen molar-refractivity contribution >= 4 is 50.6 Å². The van der Waals surface area contributed by atoms with Crippen molar-refractivity contribution in [1.82, 2.24) is 0 Å². The van der Waals surface area contributed by atoms with Crippen LogP contribution in [0.2, 0.25) is 0 Å². The molecule has 0 saturated carbocycles. The first-order valence-corrected chi connectivity index (χ1v) is 50.2. The summed E-state index contributed by atoms with van der Waals surface area (Å²) < 4.78 is 161. The van der Waals surface area contributed by atoms with Crippen LogP contribution in [0.1, 0.15) is 383 Å². The van der Waals surface area contributed by atoms with Crippen LogP contribution in [0.4, 0.5) is 0 Å². The van der Waals surface area contributed by atoms with E-state index in [1.165, 1.54) is 287 Å². The van der Waals surface area contributed by atoms with E-state index in [0.717, 1.165) is 86.5 Å². The Morgan fingerprint density at radius 1 is 0.198 bits per heavy atom. The summed E-state index contributed by atoms with van der Waals surface area (Å²) >= 11 is 0. The molecule has 0 aromatic heterocycles. The third kappa shape index (κ3) is 58.2. The van der Waals surface area contributed by atoms with Gasteiger partial charge in [-0.2, -0.15) is 33.7 Å². The molecule has 15 nitrogen and oxygen atoms in total. The third-order valence-electron chi connectivity index (χ3n) is 20.2. The number of rotatable bonds is 60. The van der Waals surface area contributed by atoms with Gasteiger partial charge in [0.25, 0.3) is 40.5 Å². The molecule has 5 rings (SSSR count). The van der Waals surface area contributed by atoms with Gasteiger partial charge in [-0.05, 0) is 122 Å². The van der Waals surface area contributed by atoms with Gasteiger partial charge in [0.05, 0.1) is 24.5 Å². The second kappa shape index (κ2) is 68.7. The molecule has 0 amide bonds. The van der Waals surface area contributed by atoms with E-state index in [1.54, 1.807) is 66.7 Å². The van der Waals surface area contributed by atoms with E-state index in [4.69, 9.17) is 0 Å². The zero-order valence-electron chi connectivity index (χ0n) is 69.8. The maximum absolute atomic E-state index is 11.3. The van der Waals surface area contributed by atoms with Gasteiger partial charge in [0.15, 0.2) is 0 Å². The van der Waals surface area contributed by atoms with Gasteiger partial charge in [0, 0.05) is 0 Å². The third-order valence-corrected chi connectivity index (χ3v) is 25.0. The van der Waals surface area contributed by atoms with Crippen molar-refractivity contribution in [2.24, 2.45) is 0 Å². The SMILES string of the molecule is CCCCCCCCCCCCc1ccccc1S(=O)(=O)O.CCCCCCCCCCCCc1ccccc1S(=O)(=O)O.CCCCCCCCCCCCc1ccccc1S(=O)(=O)O.CCCCCCCCCCCCc1ccccc1S(=O)(=O)O.CCCCCCCCCCCCc1ccccc1S(=O)(=O)[O-].[Na+]. The van der Waals surface area contributed by atoms with Gasteiger partial charge >= 0.3 is 29.6 Å². The van der Waals surface area contributed by atoms with Gasteiger partial charge in [-0.25, -0.2) is 8.42 Å². The van der Waals surface area contributed by atoms with Crippen molar-refractivity contribution in [3.05, 3.63) is 149 Å². The minimum Gasteiger partial charge on any atom is -0.744 e. The van der Waals surface area contributed by atoms with Gasteiger partial charge < -0.3 is 4.55 Å². The summed E-state index contributed by atoms with van der Waals surface area (Å²) in [7, 11) is -20.7. The Labute approximate surface area is 700 Å². The molecule has 0 spiro atoms. The normalized spacial score (nSPS) is 11.6. The first-order chi connectivity index (χ1) is 52.8. The monoisotopic (exact) mass is 1650 g/mol. The number of aryl methyl sites for hydroxylation is 5. The fourth-order valence-corrected chi connectivity index (χ4v) is 17.6. The zero-order valence-corrected chi connectivity index (χ0v) is 75.8. The fraction of sp³-hybridized carbons (Fsp3) is 0.667. The van der Waals surface area contributed by atoms with Crippen molar-refractivity contribution in [2.45, 2.75) is 412 Å². The smallest absolute Gasteiger partial charge is 0.744 e. The van der Waals surface area contributed by atoms with Crippen LogP contribution in [-0.2, 0) is 82.7 Å². The van der Waals surface area contributed by atoms with Crippen LogP contribution in [0.15, 0.2) is 146 Å². The zero-order chi connectivity index (χ0) is 81.3. The average molecular weight is 1650 g/mol. The topological polar surface area (TPSA) is 275 Å². The fourth-order valence-electron chi connectivity index (χ4n) is 13.8. The molecular formula is C90H149NaO15S5. The van der Waals surface area contributed by atoms with E-state index in [9.17, 15) is 64.9 Å². The van der Waals surface area contributed by atoms with E-state index in [-0.39, 0.29) is 54.0 Å². The van der Waals surface area contributed by atoms with Gasteiger partial charge in [0.2, 0.25) is 0 Å². The predicted molar refractivity (Wildman–Crippen MR) is 457 cm³/mol. The Balaban J connectivity index is 0.00000136. The molecule has 21 heteroatoms. The van der Waals surface area contributed by atoms with Gasteiger partial charge in [-0.15, -0.1) is 0 Å². The van der Waals surface area contributed by atoms with E-state index in [2.05, 4.69) is 34.6 Å². The molecule has 0 aliphatic carbocycles. The summed E-state index contributed by atoms with van der Waals surface area (Å²) in [5.74, 6) is 0. The maximum Gasteiger partial charge on any atom is 1.00 e. The molecule has 630 valence electrons. The van der Waals surface area contributed by atoms with Crippen molar-refractivity contribution in [2.75, 3.05) is 0 Å².